The van der Waals surface area contributed by atoms with Crippen LogP contribution in [0.5, 0.6) is 0 Å². The Morgan fingerprint density at radius 1 is 1.58 bits per heavy atom. The van der Waals surface area contributed by atoms with Crippen molar-refractivity contribution in [2.45, 2.75) is 0 Å². The van der Waals surface area contributed by atoms with Crippen molar-refractivity contribution in [2.24, 2.45) is 0 Å². The van der Waals surface area contributed by atoms with E-state index >= 15 is 0 Å². The molecule has 1 heterocycles. The minimum Gasteiger partial charge on any atom is -0.478 e. The highest BCUT2D eigenvalue weighted by Gasteiger charge is 2.05. The summed E-state index contributed by atoms with van der Waals surface area (Å²) < 4.78 is 4.82. The van der Waals surface area contributed by atoms with Crippen LogP contribution < -0.4 is 0 Å². The molecule has 2 aromatic rings. The molecule has 0 aliphatic carbocycles. The zero-order chi connectivity index (χ0) is 8.55. The van der Waals surface area contributed by atoms with E-state index in [1.807, 2.05) is 0 Å². The number of nitrogens with zero attached hydrogens (tertiary/aromatic N) is 1. The maximum Gasteiger partial charge on any atom is 0.335 e. The van der Waals surface area contributed by atoms with E-state index in [0.717, 1.165) is 0 Å². The van der Waals surface area contributed by atoms with Crippen molar-refractivity contribution in [3.05, 3.63) is 30.2 Å². The van der Waals surface area contributed by atoms with Crippen LogP contribution in [0, 0.1) is 6.39 Å². The van der Waals surface area contributed by atoms with Gasteiger partial charge >= 0.3 is 5.97 Å². The van der Waals surface area contributed by atoms with Gasteiger partial charge in [0.15, 0.2) is 5.58 Å². The second kappa shape index (κ2) is 2.34. The minimum atomic E-state index is -0.972. The lowest BCUT2D eigenvalue weighted by Gasteiger charge is -1.90. The fraction of sp³-hybridized carbons (Fsp3) is 0. The first kappa shape index (κ1) is 6.84. The molecule has 0 fully saturated rings. The van der Waals surface area contributed by atoms with Crippen molar-refractivity contribution in [1.29, 1.82) is 0 Å². The zero-order valence-corrected chi connectivity index (χ0v) is 5.94. The van der Waals surface area contributed by atoms with Gasteiger partial charge in [-0.2, -0.15) is 0 Å². The highest BCUT2D eigenvalue weighted by molar-refractivity contribution is 5.91. The van der Waals surface area contributed by atoms with Gasteiger partial charge in [-0.15, -0.1) is 0 Å². The third-order valence-corrected chi connectivity index (χ3v) is 1.53. The number of aromatic nitrogens is 1. The second-order valence-corrected chi connectivity index (χ2v) is 2.29. The number of benzene rings is 1. The van der Waals surface area contributed by atoms with Gasteiger partial charge in [-0.25, -0.2) is 9.78 Å². The molecule has 1 aromatic carbocycles. The molecule has 4 heteroatoms. The van der Waals surface area contributed by atoms with Gasteiger partial charge in [-0.05, 0) is 18.2 Å². The lowest BCUT2D eigenvalue weighted by molar-refractivity contribution is 0.0697. The highest BCUT2D eigenvalue weighted by atomic mass is 16.4. The molecule has 0 bridgehead atoms. The fourth-order valence-electron chi connectivity index (χ4n) is 0.945. The van der Waals surface area contributed by atoms with Gasteiger partial charge in [0.1, 0.15) is 5.52 Å². The minimum absolute atomic E-state index is 0.199. The van der Waals surface area contributed by atoms with Crippen LogP contribution in [-0.2, 0) is 0 Å². The van der Waals surface area contributed by atoms with Gasteiger partial charge in [0, 0.05) is 0 Å². The van der Waals surface area contributed by atoms with Crippen LogP contribution in [0.1, 0.15) is 10.4 Å². The molecule has 4 nitrogen and oxygen atoms in total. The molecule has 12 heavy (non-hydrogen) atoms. The summed E-state index contributed by atoms with van der Waals surface area (Å²) in [5, 5.41) is 8.61. The van der Waals surface area contributed by atoms with Crippen LogP contribution in [0.15, 0.2) is 22.6 Å². The lowest BCUT2D eigenvalue weighted by atomic mass is 10.2. The molecule has 0 unspecified atom stereocenters. The number of carboxylic acid groups (broad SMARTS) is 1. The SMILES string of the molecule is O=C(O)c1ccc2o[c]nc2c1. The largest absolute Gasteiger partial charge is 0.478 e. The topological polar surface area (TPSA) is 63.3 Å². The molecule has 0 spiro atoms. The molecular weight excluding hydrogens is 158 g/mol. The summed E-state index contributed by atoms with van der Waals surface area (Å²) in [6, 6.07) is 4.46. The summed E-state index contributed by atoms with van der Waals surface area (Å²) >= 11 is 0. The summed E-state index contributed by atoms with van der Waals surface area (Å²) in [7, 11) is 0. The van der Waals surface area contributed by atoms with Crippen molar-refractivity contribution in [3.8, 4) is 0 Å². The molecule has 0 saturated heterocycles. The van der Waals surface area contributed by atoms with E-state index in [1.165, 1.54) is 12.1 Å². The molecule has 2 rings (SSSR count). The quantitative estimate of drug-likeness (QED) is 0.686. The van der Waals surface area contributed by atoms with E-state index in [-0.39, 0.29) is 5.56 Å². The molecule has 1 radical (unpaired) electrons. The smallest absolute Gasteiger partial charge is 0.335 e. The zero-order valence-electron chi connectivity index (χ0n) is 5.94. The second-order valence-electron chi connectivity index (χ2n) is 2.29. The first-order valence-corrected chi connectivity index (χ1v) is 3.27. The molecule has 1 N–H and O–H groups in total. The van der Waals surface area contributed by atoms with Gasteiger partial charge < -0.3 is 9.52 Å². The lowest BCUT2D eigenvalue weighted by Crippen LogP contribution is -1.94. The van der Waals surface area contributed by atoms with Crippen LogP contribution >= 0.6 is 0 Å². The highest BCUT2D eigenvalue weighted by Crippen LogP contribution is 2.13. The van der Waals surface area contributed by atoms with Gasteiger partial charge in [-0.1, -0.05) is 0 Å². The molecule has 1 aromatic heterocycles. The first-order chi connectivity index (χ1) is 5.77. The molecule has 0 aliphatic heterocycles. The first-order valence-electron chi connectivity index (χ1n) is 3.27. The van der Waals surface area contributed by atoms with E-state index in [0.29, 0.717) is 11.1 Å². The van der Waals surface area contributed by atoms with Gasteiger partial charge in [-0.3, -0.25) is 0 Å². The van der Waals surface area contributed by atoms with Crippen LogP contribution in [0.4, 0.5) is 0 Å². The Morgan fingerprint density at radius 3 is 3.17 bits per heavy atom. The number of carbonyl (C=O) groups is 1. The van der Waals surface area contributed by atoms with Gasteiger partial charge in [0.25, 0.3) is 6.39 Å². The number of hydrogen-bond donors (Lipinski definition) is 1. The fourth-order valence-corrected chi connectivity index (χ4v) is 0.945. The Hall–Kier alpha value is -1.84. The van der Waals surface area contributed by atoms with Crippen LogP contribution in [0.2, 0.25) is 0 Å². The normalized spacial score (nSPS) is 10.3. The van der Waals surface area contributed by atoms with E-state index < -0.39 is 5.97 Å². The maximum absolute atomic E-state index is 10.5. The standard InChI is InChI=1S/C8H4NO3/c10-8(11)5-1-2-7-6(3-5)9-4-12-7/h1-3H,(H,10,11). The Bertz CT molecular complexity index is 433. The molecular formula is C8H4NO3. The average Bonchev–Trinajstić information content (AvgIpc) is 2.49. The van der Waals surface area contributed by atoms with E-state index in [4.69, 9.17) is 9.52 Å². The molecule has 59 valence electrons. The Labute approximate surface area is 67.4 Å². The van der Waals surface area contributed by atoms with Crippen molar-refractivity contribution in [2.75, 3.05) is 0 Å². The molecule has 0 saturated carbocycles. The third-order valence-electron chi connectivity index (χ3n) is 1.53. The number of aromatic carboxylic acids is 1. The number of fused-ring (bicyclic) bond motifs is 1. The predicted octanol–water partition coefficient (Wildman–Crippen LogP) is 1.33. The summed E-state index contributed by atoms with van der Waals surface area (Å²) in [6.07, 6.45) is 2.29. The van der Waals surface area contributed by atoms with Gasteiger partial charge in [0.2, 0.25) is 0 Å². The van der Waals surface area contributed by atoms with Crippen LogP contribution in [0.3, 0.4) is 0 Å². The summed E-state index contributed by atoms with van der Waals surface area (Å²) in [4.78, 5) is 14.2. The average molecular weight is 162 g/mol. The Morgan fingerprint density at radius 2 is 2.42 bits per heavy atom. The van der Waals surface area contributed by atoms with E-state index in [1.54, 1.807) is 6.07 Å². The van der Waals surface area contributed by atoms with Crippen LogP contribution in [0.25, 0.3) is 11.1 Å². The van der Waals surface area contributed by atoms with Crippen molar-refractivity contribution < 1.29 is 14.3 Å². The predicted molar refractivity (Wildman–Crippen MR) is 39.8 cm³/mol. The van der Waals surface area contributed by atoms with Crippen molar-refractivity contribution in [3.63, 3.8) is 0 Å². The molecule has 0 aliphatic rings. The Kier molecular flexibility index (Phi) is 1.33. The number of hydrogen-bond acceptors (Lipinski definition) is 3. The van der Waals surface area contributed by atoms with Gasteiger partial charge in [0.05, 0.1) is 5.56 Å². The third kappa shape index (κ3) is 0.934. The summed E-state index contributed by atoms with van der Waals surface area (Å²) in [5.74, 6) is -0.972. The summed E-state index contributed by atoms with van der Waals surface area (Å²) in [5.41, 5.74) is 1.25. The number of carboxylic acids is 1. The molecule has 0 amide bonds. The monoisotopic (exact) mass is 162 g/mol. The maximum atomic E-state index is 10.5. The van der Waals surface area contributed by atoms with Crippen molar-refractivity contribution in [1.82, 2.24) is 4.98 Å². The summed E-state index contributed by atoms with van der Waals surface area (Å²) in [6.45, 7) is 0. The van der Waals surface area contributed by atoms with E-state index in [2.05, 4.69) is 11.4 Å². The molecule has 0 atom stereocenters. The number of rotatable bonds is 1. The number of oxazole rings is 1. The van der Waals surface area contributed by atoms with Crippen LogP contribution in [-0.4, -0.2) is 16.1 Å². The Balaban J connectivity index is 2.68. The van der Waals surface area contributed by atoms with E-state index in [9.17, 15) is 4.79 Å². The van der Waals surface area contributed by atoms with Crippen molar-refractivity contribution >= 4 is 17.1 Å².